The van der Waals surface area contributed by atoms with E-state index in [1.165, 1.54) is 6.20 Å². The fourth-order valence-electron chi connectivity index (χ4n) is 3.17. The van der Waals surface area contributed by atoms with E-state index in [-0.39, 0.29) is 0 Å². The van der Waals surface area contributed by atoms with Gasteiger partial charge in [-0.3, -0.25) is 4.79 Å². The van der Waals surface area contributed by atoms with Crippen LogP contribution in [0.3, 0.4) is 0 Å². The predicted molar refractivity (Wildman–Crippen MR) is 121 cm³/mol. The molecule has 5 rings (SSSR count). The lowest BCUT2D eigenvalue weighted by atomic mass is 10.2. The van der Waals surface area contributed by atoms with Crippen molar-refractivity contribution in [1.82, 2.24) is 24.9 Å². The first-order valence-electron chi connectivity index (χ1n) is 9.98. The number of hydrogen-bond donors (Lipinski definition) is 0. The Hall–Kier alpha value is -4.59. The fourth-order valence-corrected chi connectivity index (χ4v) is 3.17. The Bertz CT molecular complexity index is 1420. The molecule has 3 aromatic carbocycles. The highest BCUT2D eigenvalue weighted by atomic mass is 16.5. The molecule has 0 aliphatic rings. The minimum atomic E-state index is -0.392. The monoisotopic (exact) mass is 422 g/mol. The lowest BCUT2D eigenvalue weighted by Crippen LogP contribution is -2.21. The first kappa shape index (κ1) is 19.4. The van der Waals surface area contributed by atoms with Gasteiger partial charge in [0.05, 0.1) is 18.1 Å². The fraction of sp³-hybridized carbons (Fsp3) is 0.0417. The van der Waals surface area contributed by atoms with Gasteiger partial charge < -0.3 is 4.74 Å². The van der Waals surface area contributed by atoms with Crippen LogP contribution in [0.1, 0.15) is 11.1 Å². The number of nitrogens with zero attached hydrogens (tertiary/aromatic N) is 6. The molecule has 0 bridgehead atoms. The summed E-state index contributed by atoms with van der Waals surface area (Å²) in [5.41, 5.74) is 2.68. The van der Waals surface area contributed by atoms with Crippen molar-refractivity contribution < 1.29 is 4.74 Å². The van der Waals surface area contributed by atoms with E-state index in [2.05, 4.69) is 20.5 Å². The number of fused-ring (bicyclic) bond motifs is 1. The van der Waals surface area contributed by atoms with Gasteiger partial charge >= 0.3 is 5.56 Å². The zero-order chi connectivity index (χ0) is 21.8. The van der Waals surface area contributed by atoms with Gasteiger partial charge in [0.2, 0.25) is 0 Å². The maximum atomic E-state index is 12.7. The normalized spacial score (nSPS) is 11.2. The van der Waals surface area contributed by atoms with E-state index >= 15 is 0 Å². The van der Waals surface area contributed by atoms with Crippen molar-refractivity contribution in [3.05, 3.63) is 113 Å². The average molecular weight is 422 g/mol. The SMILES string of the molecule is O=c1c2cnn(-c3ccccc3)c2nnn1/N=C/c1ccc(OCc2ccccc2)cc1. The number of rotatable bonds is 6. The Balaban J connectivity index is 1.32. The number of ether oxygens (including phenoxy) is 1. The largest absolute Gasteiger partial charge is 0.489 e. The van der Waals surface area contributed by atoms with Crippen LogP contribution in [0.15, 0.2) is 101 Å². The van der Waals surface area contributed by atoms with Gasteiger partial charge in [0.15, 0.2) is 5.65 Å². The molecule has 8 heteroatoms. The molecule has 156 valence electrons. The Morgan fingerprint density at radius 3 is 2.38 bits per heavy atom. The van der Waals surface area contributed by atoms with Crippen molar-refractivity contribution in [2.75, 3.05) is 0 Å². The first-order valence-corrected chi connectivity index (χ1v) is 9.98. The predicted octanol–water partition coefficient (Wildman–Crippen LogP) is 3.44. The highest BCUT2D eigenvalue weighted by Gasteiger charge is 2.12. The molecule has 0 atom stereocenters. The quantitative estimate of drug-likeness (QED) is 0.391. The summed E-state index contributed by atoms with van der Waals surface area (Å²) < 4.78 is 7.36. The second kappa shape index (κ2) is 8.65. The van der Waals surface area contributed by atoms with Crippen LogP contribution < -0.4 is 10.3 Å². The standard InChI is InChI=1S/C24H18N6O2/c31-24-22-16-25-29(20-9-5-2-6-10-20)23(22)27-28-30(24)26-15-18-11-13-21(14-12-18)32-17-19-7-3-1-4-8-19/h1-16H,17H2/b26-15+. The molecule has 0 saturated carbocycles. The number of benzene rings is 3. The van der Waals surface area contributed by atoms with Crippen molar-refractivity contribution in [3.63, 3.8) is 0 Å². The third-order valence-corrected chi connectivity index (χ3v) is 4.83. The van der Waals surface area contributed by atoms with E-state index in [4.69, 9.17) is 4.74 Å². The van der Waals surface area contributed by atoms with E-state index in [1.807, 2.05) is 84.9 Å². The molecule has 0 radical (unpaired) electrons. The first-order chi connectivity index (χ1) is 15.8. The minimum absolute atomic E-state index is 0.339. The second-order valence-corrected chi connectivity index (χ2v) is 7.00. The maximum Gasteiger partial charge on any atom is 0.302 e. The summed E-state index contributed by atoms with van der Waals surface area (Å²) in [5, 5.41) is 16.8. The van der Waals surface area contributed by atoms with E-state index in [0.29, 0.717) is 17.6 Å². The molecule has 0 spiro atoms. The van der Waals surface area contributed by atoms with Gasteiger partial charge in [-0.15, -0.1) is 5.10 Å². The minimum Gasteiger partial charge on any atom is -0.489 e. The van der Waals surface area contributed by atoms with E-state index in [1.54, 1.807) is 10.9 Å². The molecule has 2 aromatic heterocycles. The lowest BCUT2D eigenvalue weighted by Gasteiger charge is -2.06. The van der Waals surface area contributed by atoms with Gasteiger partial charge in [0.1, 0.15) is 17.7 Å². The van der Waals surface area contributed by atoms with Gasteiger partial charge in [0.25, 0.3) is 0 Å². The highest BCUT2D eigenvalue weighted by molar-refractivity contribution is 5.80. The number of hydrogen-bond acceptors (Lipinski definition) is 6. The summed E-state index contributed by atoms with van der Waals surface area (Å²) >= 11 is 0. The van der Waals surface area contributed by atoms with Crippen LogP contribution in [0.5, 0.6) is 5.75 Å². The summed E-state index contributed by atoms with van der Waals surface area (Å²) in [7, 11) is 0. The molecular weight excluding hydrogens is 404 g/mol. The molecule has 32 heavy (non-hydrogen) atoms. The van der Waals surface area contributed by atoms with Gasteiger partial charge in [-0.2, -0.15) is 10.2 Å². The van der Waals surface area contributed by atoms with Crippen LogP contribution in [0, 0.1) is 0 Å². The zero-order valence-electron chi connectivity index (χ0n) is 16.9. The van der Waals surface area contributed by atoms with Crippen molar-refractivity contribution in [2.45, 2.75) is 6.61 Å². The summed E-state index contributed by atoms with van der Waals surface area (Å²) in [5.74, 6) is 0.748. The van der Waals surface area contributed by atoms with Gasteiger partial charge in [0, 0.05) is 0 Å². The zero-order valence-corrected chi connectivity index (χ0v) is 16.9. The average Bonchev–Trinajstić information content (AvgIpc) is 3.29. The molecule has 0 N–H and O–H groups in total. The van der Waals surface area contributed by atoms with Crippen molar-refractivity contribution >= 4 is 17.2 Å². The van der Waals surface area contributed by atoms with Crippen molar-refractivity contribution in [3.8, 4) is 11.4 Å². The molecule has 8 nitrogen and oxygen atoms in total. The smallest absolute Gasteiger partial charge is 0.302 e. The van der Waals surface area contributed by atoms with E-state index in [0.717, 1.165) is 27.4 Å². The molecular formula is C24H18N6O2. The molecule has 0 saturated heterocycles. The summed E-state index contributed by atoms with van der Waals surface area (Å²) in [4.78, 5) is 13.7. The van der Waals surface area contributed by atoms with Gasteiger partial charge in [-0.1, -0.05) is 53.3 Å². The molecule has 0 aliphatic carbocycles. The van der Waals surface area contributed by atoms with Crippen LogP contribution >= 0.6 is 0 Å². The third kappa shape index (κ3) is 4.01. The molecule has 0 fully saturated rings. The Morgan fingerprint density at radius 2 is 1.62 bits per heavy atom. The van der Waals surface area contributed by atoms with Gasteiger partial charge in [-0.25, -0.2) is 4.68 Å². The summed E-state index contributed by atoms with van der Waals surface area (Å²) in [6, 6.07) is 26.8. The van der Waals surface area contributed by atoms with E-state index in [9.17, 15) is 4.79 Å². The molecule has 0 amide bonds. The van der Waals surface area contributed by atoms with E-state index < -0.39 is 5.56 Å². The third-order valence-electron chi connectivity index (χ3n) is 4.83. The Kier molecular flexibility index (Phi) is 5.24. The van der Waals surface area contributed by atoms with Crippen LogP contribution in [-0.4, -0.2) is 31.1 Å². The topological polar surface area (TPSA) is 87.2 Å². The maximum absolute atomic E-state index is 12.7. The van der Waals surface area contributed by atoms with Crippen LogP contribution in [0.4, 0.5) is 0 Å². The highest BCUT2D eigenvalue weighted by Crippen LogP contribution is 2.14. The number of para-hydroxylation sites is 1. The molecule has 0 aliphatic heterocycles. The van der Waals surface area contributed by atoms with Crippen molar-refractivity contribution in [1.29, 1.82) is 0 Å². The second-order valence-electron chi connectivity index (χ2n) is 7.00. The molecule has 0 unspecified atom stereocenters. The molecule has 2 heterocycles. The summed E-state index contributed by atoms with van der Waals surface area (Å²) in [6.07, 6.45) is 3.02. The van der Waals surface area contributed by atoms with Crippen LogP contribution in [-0.2, 0) is 6.61 Å². The molecule has 5 aromatic rings. The van der Waals surface area contributed by atoms with Crippen molar-refractivity contribution in [2.24, 2.45) is 5.10 Å². The Labute approximate surface area is 183 Å². The lowest BCUT2D eigenvalue weighted by molar-refractivity contribution is 0.306. The Morgan fingerprint density at radius 1 is 0.906 bits per heavy atom. The summed E-state index contributed by atoms with van der Waals surface area (Å²) in [6.45, 7) is 0.496. The number of aromatic nitrogens is 5. The van der Waals surface area contributed by atoms with Crippen LogP contribution in [0.25, 0.3) is 16.7 Å². The van der Waals surface area contributed by atoms with Crippen LogP contribution in [0.2, 0.25) is 0 Å². The van der Waals surface area contributed by atoms with Gasteiger partial charge in [-0.05, 0) is 52.7 Å².